The van der Waals surface area contributed by atoms with E-state index in [4.69, 9.17) is 5.73 Å². The SMILES string of the molecule is Cc1ccc(C(c2cccc(NC(=O)c3cc(C(F)(F)F)nn3-c3cccc(CN)c3)c2)N(CC2CC2)C(=O)O)cc1. The van der Waals surface area contributed by atoms with Gasteiger partial charge < -0.3 is 16.2 Å². The van der Waals surface area contributed by atoms with Gasteiger partial charge >= 0.3 is 12.3 Å². The van der Waals surface area contributed by atoms with Gasteiger partial charge in [-0.15, -0.1) is 0 Å². The molecule has 4 N–H and O–H groups in total. The molecular formula is C31H30F3N5O3. The van der Waals surface area contributed by atoms with Crippen molar-refractivity contribution in [2.24, 2.45) is 11.7 Å². The van der Waals surface area contributed by atoms with Crippen molar-refractivity contribution in [1.82, 2.24) is 14.7 Å². The van der Waals surface area contributed by atoms with Crippen LogP contribution in [0.3, 0.4) is 0 Å². The molecular weight excluding hydrogens is 547 g/mol. The lowest BCUT2D eigenvalue weighted by molar-refractivity contribution is -0.141. The standard InChI is InChI=1S/C31H30F3N5O3/c1-19-8-12-22(13-9-19)28(38(30(41)42)18-20-10-11-20)23-5-3-6-24(15-23)36-29(40)26-16-27(31(32,33)34)37-39(26)25-7-2-4-21(14-25)17-35/h2-9,12-16,20,28H,10-11,17-18,35H2,1H3,(H,36,40)(H,41,42). The van der Waals surface area contributed by atoms with Crippen LogP contribution in [-0.4, -0.2) is 38.3 Å². The molecule has 1 saturated carbocycles. The maximum Gasteiger partial charge on any atom is 0.435 e. The minimum Gasteiger partial charge on any atom is -0.465 e. The van der Waals surface area contributed by atoms with Crippen LogP contribution in [-0.2, 0) is 12.7 Å². The Labute approximate surface area is 240 Å². The average molecular weight is 578 g/mol. The maximum absolute atomic E-state index is 13.6. The Morgan fingerprint density at radius 2 is 1.76 bits per heavy atom. The number of aryl methyl sites for hydroxylation is 1. The van der Waals surface area contributed by atoms with Crippen LogP contribution >= 0.6 is 0 Å². The molecule has 218 valence electrons. The first-order chi connectivity index (χ1) is 20.0. The van der Waals surface area contributed by atoms with E-state index in [1.54, 1.807) is 42.5 Å². The minimum absolute atomic E-state index is 0.159. The van der Waals surface area contributed by atoms with Gasteiger partial charge in [0.15, 0.2) is 5.69 Å². The third kappa shape index (κ3) is 6.46. The molecule has 0 saturated heterocycles. The summed E-state index contributed by atoms with van der Waals surface area (Å²) >= 11 is 0. The Morgan fingerprint density at radius 3 is 2.40 bits per heavy atom. The van der Waals surface area contributed by atoms with Gasteiger partial charge in [-0.25, -0.2) is 9.48 Å². The van der Waals surface area contributed by atoms with Crippen molar-refractivity contribution in [1.29, 1.82) is 0 Å². The second-order valence-electron chi connectivity index (χ2n) is 10.5. The van der Waals surface area contributed by atoms with E-state index >= 15 is 0 Å². The highest BCUT2D eigenvalue weighted by Gasteiger charge is 2.36. The van der Waals surface area contributed by atoms with Crippen molar-refractivity contribution in [3.63, 3.8) is 0 Å². The van der Waals surface area contributed by atoms with Gasteiger partial charge in [-0.05, 0) is 66.6 Å². The fourth-order valence-corrected chi connectivity index (χ4v) is 4.85. The van der Waals surface area contributed by atoms with Crippen LogP contribution in [0.2, 0.25) is 0 Å². The predicted octanol–water partition coefficient (Wildman–Crippen LogP) is 6.39. The number of aromatic nitrogens is 2. The first-order valence-corrected chi connectivity index (χ1v) is 13.5. The number of nitrogens with two attached hydrogens (primary N) is 1. The van der Waals surface area contributed by atoms with Crippen LogP contribution in [0.5, 0.6) is 0 Å². The Balaban J connectivity index is 1.50. The highest BCUT2D eigenvalue weighted by molar-refractivity contribution is 6.03. The summed E-state index contributed by atoms with van der Waals surface area (Å²) in [5.74, 6) is -0.522. The largest absolute Gasteiger partial charge is 0.465 e. The molecule has 1 unspecified atom stereocenters. The second kappa shape index (κ2) is 11.7. The lowest BCUT2D eigenvalue weighted by atomic mass is 9.95. The summed E-state index contributed by atoms with van der Waals surface area (Å²) in [5, 5.41) is 16.5. The monoisotopic (exact) mass is 577 g/mol. The number of halogens is 3. The number of amides is 2. The molecule has 42 heavy (non-hydrogen) atoms. The summed E-state index contributed by atoms with van der Waals surface area (Å²) in [7, 11) is 0. The molecule has 1 atom stereocenters. The van der Waals surface area contributed by atoms with Gasteiger partial charge in [-0.3, -0.25) is 9.69 Å². The lowest BCUT2D eigenvalue weighted by Gasteiger charge is -2.31. The fourth-order valence-electron chi connectivity index (χ4n) is 4.85. The van der Waals surface area contributed by atoms with Crippen molar-refractivity contribution in [2.75, 3.05) is 11.9 Å². The molecule has 4 aromatic rings. The maximum atomic E-state index is 13.6. The molecule has 1 fully saturated rings. The zero-order valence-corrected chi connectivity index (χ0v) is 22.8. The van der Waals surface area contributed by atoms with Crippen molar-refractivity contribution < 1.29 is 27.9 Å². The molecule has 0 radical (unpaired) electrons. The molecule has 2 amide bonds. The molecule has 1 aliphatic carbocycles. The number of rotatable bonds is 9. The number of nitrogens with one attached hydrogen (secondary N) is 1. The van der Waals surface area contributed by atoms with Gasteiger partial charge in [0, 0.05) is 24.8 Å². The summed E-state index contributed by atoms with van der Waals surface area (Å²) in [4.78, 5) is 27.2. The number of benzene rings is 3. The summed E-state index contributed by atoms with van der Waals surface area (Å²) in [6.07, 6.45) is -3.91. The first-order valence-electron chi connectivity index (χ1n) is 13.5. The van der Waals surface area contributed by atoms with Crippen molar-refractivity contribution in [3.8, 4) is 5.69 Å². The van der Waals surface area contributed by atoms with Gasteiger partial charge in [-0.2, -0.15) is 18.3 Å². The van der Waals surface area contributed by atoms with E-state index in [0.717, 1.165) is 28.7 Å². The summed E-state index contributed by atoms with van der Waals surface area (Å²) < 4.78 is 41.8. The number of nitrogens with zero attached hydrogens (tertiary/aromatic N) is 3. The average Bonchev–Trinajstić information content (AvgIpc) is 3.66. The smallest absolute Gasteiger partial charge is 0.435 e. The molecule has 0 bridgehead atoms. The third-order valence-corrected chi connectivity index (χ3v) is 7.19. The minimum atomic E-state index is -4.77. The molecule has 0 aliphatic heterocycles. The molecule has 11 heteroatoms. The number of carboxylic acid groups (broad SMARTS) is 1. The lowest BCUT2D eigenvalue weighted by Crippen LogP contribution is -2.36. The Hall–Kier alpha value is -4.64. The van der Waals surface area contributed by atoms with Crippen LogP contribution in [0.25, 0.3) is 5.69 Å². The van der Waals surface area contributed by atoms with Crippen molar-refractivity contribution in [2.45, 2.75) is 38.5 Å². The van der Waals surface area contributed by atoms with E-state index in [1.165, 1.54) is 11.0 Å². The van der Waals surface area contributed by atoms with Crippen LogP contribution in [0, 0.1) is 12.8 Å². The number of carbonyl (C=O) groups is 2. The molecule has 3 aromatic carbocycles. The van der Waals surface area contributed by atoms with Crippen LogP contribution in [0.15, 0.2) is 78.9 Å². The fraction of sp³-hybridized carbons (Fsp3) is 0.258. The summed E-state index contributed by atoms with van der Waals surface area (Å²) in [6.45, 7) is 2.47. The van der Waals surface area contributed by atoms with E-state index < -0.39 is 29.9 Å². The van der Waals surface area contributed by atoms with E-state index in [1.807, 2.05) is 31.2 Å². The quantitative estimate of drug-likeness (QED) is 0.213. The first kappa shape index (κ1) is 28.9. The molecule has 0 spiro atoms. The summed E-state index contributed by atoms with van der Waals surface area (Å²) in [5.41, 5.74) is 7.77. The number of alkyl halides is 3. The van der Waals surface area contributed by atoms with Crippen LogP contribution in [0.4, 0.5) is 23.7 Å². The van der Waals surface area contributed by atoms with Crippen LogP contribution in [0.1, 0.15) is 57.3 Å². The third-order valence-electron chi connectivity index (χ3n) is 7.19. The highest BCUT2D eigenvalue weighted by atomic mass is 19.4. The Kier molecular flexibility index (Phi) is 8.04. The number of hydrogen-bond acceptors (Lipinski definition) is 4. The van der Waals surface area contributed by atoms with Gasteiger partial charge in [0.2, 0.25) is 0 Å². The van der Waals surface area contributed by atoms with E-state index in [2.05, 4.69) is 10.4 Å². The number of carbonyl (C=O) groups excluding carboxylic acids is 1. The molecule has 1 heterocycles. The van der Waals surface area contributed by atoms with Crippen molar-refractivity contribution in [3.05, 3.63) is 113 Å². The second-order valence-corrected chi connectivity index (χ2v) is 10.5. The molecule has 1 aliphatic rings. The van der Waals surface area contributed by atoms with Gasteiger partial charge in [0.05, 0.1) is 11.7 Å². The Morgan fingerprint density at radius 1 is 1.05 bits per heavy atom. The van der Waals surface area contributed by atoms with Gasteiger partial charge in [0.25, 0.3) is 5.91 Å². The Bertz CT molecular complexity index is 1600. The van der Waals surface area contributed by atoms with Gasteiger partial charge in [-0.1, -0.05) is 54.1 Å². The van der Waals surface area contributed by atoms with E-state index in [0.29, 0.717) is 29.4 Å². The highest BCUT2D eigenvalue weighted by Crippen LogP contribution is 2.37. The zero-order chi connectivity index (χ0) is 30.0. The van der Waals surface area contributed by atoms with E-state index in [9.17, 15) is 27.9 Å². The zero-order valence-electron chi connectivity index (χ0n) is 22.8. The molecule has 1 aromatic heterocycles. The van der Waals surface area contributed by atoms with Gasteiger partial charge in [0.1, 0.15) is 5.69 Å². The molecule has 8 nitrogen and oxygen atoms in total. The van der Waals surface area contributed by atoms with E-state index in [-0.39, 0.29) is 23.8 Å². The van der Waals surface area contributed by atoms with Crippen molar-refractivity contribution >= 4 is 17.7 Å². The van der Waals surface area contributed by atoms with Crippen LogP contribution < -0.4 is 11.1 Å². The topological polar surface area (TPSA) is 113 Å². The molecule has 5 rings (SSSR count). The normalized spacial score (nSPS) is 13.9. The predicted molar refractivity (Wildman–Crippen MR) is 151 cm³/mol. The summed E-state index contributed by atoms with van der Waals surface area (Å²) in [6, 6.07) is 20.7. The number of anilines is 1. The number of hydrogen-bond donors (Lipinski definition) is 3.